The van der Waals surface area contributed by atoms with Crippen LogP contribution in [-0.2, 0) is 4.79 Å². The highest BCUT2D eigenvalue weighted by Crippen LogP contribution is 2.25. The third kappa shape index (κ3) is 4.82. The first-order valence-electron chi connectivity index (χ1n) is 5.87. The number of ether oxygens (including phenoxy) is 1. The zero-order chi connectivity index (χ0) is 14.3. The zero-order valence-electron chi connectivity index (χ0n) is 10.9. The van der Waals surface area contributed by atoms with Crippen LogP contribution in [0.2, 0.25) is 0 Å². The van der Waals surface area contributed by atoms with E-state index in [0.717, 1.165) is 12.2 Å². The van der Waals surface area contributed by atoms with Gasteiger partial charge in [0.05, 0.1) is 24.1 Å². The van der Waals surface area contributed by atoms with Crippen molar-refractivity contribution in [3.05, 3.63) is 23.8 Å². The van der Waals surface area contributed by atoms with E-state index in [1.54, 1.807) is 11.8 Å². The summed E-state index contributed by atoms with van der Waals surface area (Å²) >= 11 is 1.56. The molecule has 19 heavy (non-hydrogen) atoms. The summed E-state index contributed by atoms with van der Waals surface area (Å²) in [7, 11) is 1.43. The van der Waals surface area contributed by atoms with E-state index in [-0.39, 0.29) is 11.5 Å². The van der Waals surface area contributed by atoms with Gasteiger partial charge in [0.25, 0.3) is 0 Å². The van der Waals surface area contributed by atoms with Crippen LogP contribution in [0.4, 0.5) is 5.69 Å². The van der Waals surface area contributed by atoms with E-state index < -0.39 is 5.97 Å². The number of nitrogens with one attached hydrogen (secondary N) is 1. The van der Waals surface area contributed by atoms with Gasteiger partial charge < -0.3 is 15.2 Å². The second kappa shape index (κ2) is 7.68. The zero-order valence-corrected chi connectivity index (χ0v) is 11.8. The number of thioether (sulfide) groups is 1. The molecule has 2 N–H and O–H groups in total. The minimum Gasteiger partial charge on any atom is -0.495 e. The maximum atomic E-state index is 11.7. The molecule has 0 saturated carbocycles. The molecule has 1 aromatic carbocycles. The quantitative estimate of drug-likeness (QED) is 0.752. The van der Waals surface area contributed by atoms with Crippen LogP contribution in [0.15, 0.2) is 18.2 Å². The summed E-state index contributed by atoms with van der Waals surface area (Å²) in [5, 5.41) is 11.6. The minimum atomic E-state index is -1.03. The van der Waals surface area contributed by atoms with Gasteiger partial charge in [-0.25, -0.2) is 4.79 Å². The minimum absolute atomic E-state index is 0.121. The molecule has 0 radical (unpaired) electrons. The van der Waals surface area contributed by atoms with Crippen molar-refractivity contribution < 1.29 is 19.4 Å². The van der Waals surface area contributed by atoms with Crippen molar-refractivity contribution in [1.29, 1.82) is 0 Å². The van der Waals surface area contributed by atoms with E-state index in [4.69, 9.17) is 9.84 Å². The largest absolute Gasteiger partial charge is 0.495 e. The number of anilines is 1. The van der Waals surface area contributed by atoms with Crippen LogP contribution in [0.3, 0.4) is 0 Å². The lowest BCUT2D eigenvalue weighted by atomic mass is 10.2. The van der Waals surface area contributed by atoms with E-state index in [2.05, 4.69) is 12.2 Å². The topological polar surface area (TPSA) is 75.6 Å². The van der Waals surface area contributed by atoms with Crippen molar-refractivity contribution in [2.24, 2.45) is 0 Å². The number of benzene rings is 1. The number of carboxylic acids is 1. The smallest absolute Gasteiger partial charge is 0.335 e. The van der Waals surface area contributed by atoms with Crippen molar-refractivity contribution in [1.82, 2.24) is 0 Å². The van der Waals surface area contributed by atoms with Crippen molar-refractivity contribution in [3.8, 4) is 5.75 Å². The molecule has 0 aliphatic rings. The molecule has 0 atom stereocenters. The summed E-state index contributed by atoms with van der Waals surface area (Å²) in [6, 6.07) is 4.35. The normalized spacial score (nSPS) is 10.0. The summed E-state index contributed by atoms with van der Waals surface area (Å²) in [6.45, 7) is 2.05. The fourth-order valence-corrected chi connectivity index (χ4v) is 2.11. The first-order chi connectivity index (χ1) is 9.08. The van der Waals surface area contributed by atoms with Gasteiger partial charge in [0, 0.05) is 0 Å². The Morgan fingerprint density at radius 3 is 2.74 bits per heavy atom. The number of rotatable bonds is 7. The molecule has 0 saturated heterocycles. The van der Waals surface area contributed by atoms with Crippen LogP contribution >= 0.6 is 11.8 Å². The Balaban J connectivity index is 2.72. The molecule has 0 aliphatic carbocycles. The Labute approximate surface area is 116 Å². The number of carbonyl (C=O) groups excluding carboxylic acids is 1. The highest BCUT2D eigenvalue weighted by Gasteiger charge is 2.11. The molecule has 0 bridgehead atoms. The first-order valence-corrected chi connectivity index (χ1v) is 7.02. The highest BCUT2D eigenvalue weighted by atomic mass is 32.2. The van der Waals surface area contributed by atoms with Crippen LogP contribution in [0, 0.1) is 0 Å². The standard InChI is InChI=1S/C13H17NO4S/c1-3-6-19-8-12(15)14-10-5-4-9(13(16)17)7-11(10)18-2/h4-5,7H,3,6,8H2,1-2H3,(H,14,15)(H,16,17). The average Bonchev–Trinajstić information content (AvgIpc) is 2.39. The van der Waals surface area contributed by atoms with Crippen molar-refractivity contribution >= 4 is 29.3 Å². The molecule has 1 rings (SSSR count). The SMILES string of the molecule is CCCSCC(=O)Nc1ccc(C(=O)O)cc1OC. The van der Waals surface area contributed by atoms with E-state index in [1.165, 1.54) is 25.3 Å². The van der Waals surface area contributed by atoms with Gasteiger partial charge in [0.15, 0.2) is 0 Å². The molecule has 6 heteroatoms. The van der Waals surface area contributed by atoms with Gasteiger partial charge in [-0.15, -0.1) is 0 Å². The summed E-state index contributed by atoms with van der Waals surface area (Å²) in [5.41, 5.74) is 0.602. The Morgan fingerprint density at radius 1 is 1.42 bits per heavy atom. The number of methoxy groups -OCH3 is 1. The maximum absolute atomic E-state index is 11.7. The fraction of sp³-hybridized carbons (Fsp3) is 0.385. The Hall–Kier alpha value is -1.69. The van der Waals surface area contributed by atoms with Gasteiger partial charge in [0.2, 0.25) is 5.91 Å². The van der Waals surface area contributed by atoms with Gasteiger partial charge in [0.1, 0.15) is 5.75 Å². The van der Waals surface area contributed by atoms with Crippen LogP contribution < -0.4 is 10.1 Å². The summed E-state index contributed by atoms with van der Waals surface area (Å²) in [5.74, 6) is 0.489. The monoisotopic (exact) mass is 283 g/mol. The van der Waals surface area contributed by atoms with Crippen molar-refractivity contribution in [3.63, 3.8) is 0 Å². The number of amides is 1. The fourth-order valence-electron chi connectivity index (χ4n) is 1.42. The summed E-state index contributed by atoms with van der Waals surface area (Å²) < 4.78 is 5.08. The van der Waals surface area contributed by atoms with Crippen LogP contribution in [0.5, 0.6) is 5.75 Å². The van der Waals surface area contributed by atoms with Crippen molar-refractivity contribution in [2.75, 3.05) is 23.9 Å². The molecule has 0 spiro atoms. The second-order valence-corrected chi connectivity index (χ2v) is 4.93. The first kappa shape index (κ1) is 15.4. The van der Waals surface area contributed by atoms with Gasteiger partial charge >= 0.3 is 5.97 Å². The molecule has 1 amide bonds. The van der Waals surface area contributed by atoms with Crippen LogP contribution in [0.1, 0.15) is 23.7 Å². The number of hydrogen-bond acceptors (Lipinski definition) is 4. The number of hydrogen-bond donors (Lipinski definition) is 2. The molecule has 0 aliphatic heterocycles. The summed E-state index contributed by atoms with van der Waals surface area (Å²) in [6.07, 6.45) is 1.02. The highest BCUT2D eigenvalue weighted by molar-refractivity contribution is 7.99. The Bertz CT molecular complexity index is 462. The molecular weight excluding hydrogens is 266 g/mol. The van der Waals surface area contributed by atoms with E-state index in [0.29, 0.717) is 17.2 Å². The number of aromatic carboxylic acids is 1. The molecule has 5 nitrogen and oxygen atoms in total. The lowest BCUT2D eigenvalue weighted by Crippen LogP contribution is -2.15. The lowest BCUT2D eigenvalue weighted by molar-refractivity contribution is -0.113. The second-order valence-electron chi connectivity index (χ2n) is 3.82. The molecule has 0 unspecified atom stereocenters. The third-order valence-electron chi connectivity index (χ3n) is 2.30. The van der Waals surface area contributed by atoms with Gasteiger partial charge in [-0.1, -0.05) is 6.92 Å². The predicted octanol–water partition coefficient (Wildman–Crippen LogP) is 2.48. The molecule has 104 valence electrons. The maximum Gasteiger partial charge on any atom is 0.335 e. The van der Waals surface area contributed by atoms with Crippen LogP contribution in [-0.4, -0.2) is 35.6 Å². The Kier molecular flexibility index (Phi) is 6.21. The van der Waals surface area contributed by atoms with E-state index in [1.807, 2.05) is 0 Å². The van der Waals surface area contributed by atoms with Gasteiger partial charge in [-0.05, 0) is 30.4 Å². The molecule has 0 fully saturated rings. The van der Waals surface area contributed by atoms with E-state index >= 15 is 0 Å². The predicted molar refractivity (Wildman–Crippen MR) is 76.2 cm³/mol. The third-order valence-corrected chi connectivity index (χ3v) is 3.47. The van der Waals surface area contributed by atoms with Crippen molar-refractivity contribution in [2.45, 2.75) is 13.3 Å². The molecule has 0 heterocycles. The molecule has 0 aromatic heterocycles. The van der Waals surface area contributed by atoms with Gasteiger partial charge in [-0.3, -0.25) is 4.79 Å². The summed E-state index contributed by atoms with van der Waals surface area (Å²) in [4.78, 5) is 22.5. The van der Waals surface area contributed by atoms with Gasteiger partial charge in [-0.2, -0.15) is 11.8 Å². The number of carboxylic acid groups (broad SMARTS) is 1. The molecule has 1 aromatic rings. The number of carbonyl (C=O) groups is 2. The Morgan fingerprint density at radius 2 is 2.16 bits per heavy atom. The average molecular weight is 283 g/mol. The lowest BCUT2D eigenvalue weighted by Gasteiger charge is -2.10. The van der Waals surface area contributed by atoms with E-state index in [9.17, 15) is 9.59 Å². The van der Waals surface area contributed by atoms with Crippen LogP contribution in [0.25, 0.3) is 0 Å². The molecular formula is C13H17NO4S.